The highest BCUT2D eigenvalue weighted by Crippen LogP contribution is 2.25. The fourth-order valence-electron chi connectivity index (χ4n) is 2.31. The Morgan fingerprint density at radius 1 is 1.08 bits per heavy atom. The van der Waals surface area contributed by atoms with Crippen LogP contribution in [0.3, 0.4) is 0 Å². The number of carbonyl (C=O) groups excluding carboxylic acids is 1. The fraction of sp³-hybridized carbons (Fsp3) is 0.100. The van der Waals surface area contributed by atoms with Crippen LogP contribution in [-0.4, -0.2) is 18.1 Å². The number of methoxy groups -OCH3 is 1. The monoisotopic (exact) mass is 353 g/mol. The highest BCUT2D eigenvalue weighted by atomic mass is 19.1. The van der Waals surface area contributed by atoms with Gasteiger partial charge in [0, 0.05) is 11.8 Å². The van der Waals surface area contributed by atoms with E-state index in [4.69, 9.17) is 14.2 Å². The second-order valence-electron chi connectivity index (χ2n) is 5.30. The van der Waals surface area contributed by atoms with Gasteiger partial charge in [-0.2, -0.15) is 0 Å². The van der Waals surface area contributed by atoms with E-state index in [9.17, 15) is 9.18 Å². The first-order chi connectivity index (χ1) is 12.7. The molecule has 2 aromatic carbocycles. The summed E-state index contributed by atoms with van der Waals surface area (Å²) in [4.78, 5) is 16.5. The van der Waals surface area contributed by atoms with Crippen LogP contribution in [-0.2, 0) is 11.3 Å². The van der Waals surface area contributed by atoms with Gasteiger partial charge in [0.2, 0.25) is 5.88 Å². The molecule has 0 aliphatic carbocycles. The number of benzene rings is 2. The summed E-state index contributed by atoms with van der Waals surface area (Å²) in [5.41, 5.74) is 0.599. The van der Waals surface area contributed by atoms with Gasteiger partial charge in [-0.3, -0.25) is 0 Å². The van der Waals surface area contributed by atoms with Gasteiger partial charge in [0.15, 0.2) is 0 Å². The number of ether oxygens (including phenoxy) is 3. The van der Waals surface area contributed by atoms with Crippen LogP contribution in [0.1, 0.15) is 15.9 Å². The quantitative estimate of drug-likeness (QED) is 0.616. The number of pyridine rings is 1. The summed E-state index contributed by atoms with van der Waals surface area (Å²) in [5, 5.41) is 0. The first-order valence-electron chi connectivity index (χ1n) is 7.85. The zero-order chi connectivity index (χ0) is 18.4. The molecule has 5 nitrogen and oxygen atoms in total. The van der Waals surface area contributed by atoms with E-state index in [1.807, 2.05) is 18.2 Å². The molecule has 0 amide bonds. The third-order valence-electron chi connectivity index (χ3n) is 3.55. The molecule has 0 aliphatic rings. The van der Waals surface area contributed by atoms with Crippen molar-refractivity contribution in [2.45, 2.75) is 6.61 Å². The van der Waals surface area contributed by atoms with Gasteiger partial charge in [0.1, 0.15) is 29.5 Å². The Balaban J connectivity index is 1.75. The SMILES string of the molecule is COc1ccc(F)cc1COC(=O)c1cccnc1Oc1ccccc1. The van der Waals surface area contributed by atoms with E-state index in [-0.39, 0.29) is 18.1 Å². The fourth-order valence-corrected chi connectivity index (χ4v) is 2.31. The third kappa shape index (κ3) is 4.16. The van der Waals surface area contributed by atoms with Crippen LogP contribution in [0, 0.1) is 5.82 Å². The number of halogens is 1. The molecule has 6 heteroatoms. The Kier molecular flexibility index (Phi) is 5.43. The van der Waals surface area contributed by atoms with Gasteiger partial charge in [-0.25, -0.2) is 14.2 Å². The zero-order valence-corrected chi connectivity index (χ0v) is 14.0. The van der Waals surface area contributed by atoms with Crippen molar-refractivity contribution in [2.24, 2.45) is 0 Å². The van der Waals surface area contributed by atoms with Crippen molar-refractivity contribution in [3.05, 3.63) is 83.8 Å². The first kappa shape index (κ1) is 17.4. The van der Waals surface area contributed by atoms with Crippen molar-refractivity contribution in [1.29, 1.82) is 0 Å². The second-order valence-corrected chi connectivity index (χ2v) is 5.30. The molecule has 0 saturated heterocycles. The molecule has 0 atom stereocenters. The maximum absolute atomic E-state index is 13.4. The molecule has 3 aromatic rings. The van der Waals surface area contributed by atoms with Gasteiger partial charge in [-0.1, -0.05) is 18.2 Å². The van der Waals surface area contributed by atoms with E-state index >= 15 is 0 Å². The molecular weight excluding hydrogens is 337 g/mol. The number of esters is 1. The molecule has 0 saturated carbocycles. The lowest BCUT2D eigenvalue weighted by atomic mass is 10.2. The summed E-state index contributed by atoms with van der Waals surface area (Å²) in [6.45, 7) is -0.139. The van der Waals surface area contributed by atoms with Gasteiger partial charge in [0.05, 0.1) is 7.11 Å². The highest BCUT2D eigenvalue weighted by Gasteiger charge is 2.17. The van der Waals surface area contributed by atoms with Crippen molar-refractivity contribution in [3.8, 4) is 17.4 Å². The van der Waals surface area contributed by atoms with Crippen LogP contribution < -0.4 is 9.47 Å². The molecule has 0 unspecified atom stereocenters. The maximum atomic E-state index is 13.4. The number of carbonyl (C=O) groups is 1. The molecule has 132 valence electrons. The Bertz CT molecular complexity index is 899. The molecular formula is C20H16FNO4. The lowest BCUT2D eigenvalue weighted by molar-refractivity contribution is 0.0466. The number of rotatable bonds is 6. The topological polar surface area (TPSA) is 57.7 Å². The number of nitrogens with zero attached hydrogens (tertiary/aromatic N) is 1. The number of aromatic nitrogens is 1. The minimum atomic E-state index is -0.629. The lowest BCUT2D eigenvalue weighted by Crippen LogP contribution is -2.08. The molecule has 26 heavy (non-hydrogen) atoms. The van der Waals surface area contributed by atoms with Crippen LogP contribution >= 0.6 is 0 Å². The van der Waals surface area contributed by atoms with Crippen LogP contribution in [0.4, 0.5) is 4.39 Å². The minimum Gasteiger partial charge on any atom is -0.496 e. The smallest absolute Gasteiger partial charge is 0.344 e. The average molecular weight is 353 g/mol. The van der Waals surface area contributed by atoms with Crippen molar-refractivity contribution in [3.63, 3.8) is 0 Å². The van der Waals surface area contributed by atoms with Crippen LogP contribution in [0.5, 0.6) is 17.4 Å². The summed E-state index contributed by atoms with van der Waals surface area (Å²) in [6.07, 6.45) is 1.52. The normalized spacial score (nSPS) is 10.2. The molecule has 1 aromatic heterocycles. The van der Waals surface area contributed by atoms with E-state index in [0.717, 1.165) is 0 Å². The Morgan fingerprint density at radius 2 is 1.88 bits per heavy atom. The summed E-state index contributed by atoms with van der Waals surface area (Å²) >= 11 is 0. The lowest BCUT2D eigenvalue weighted by Gasteiger charge is -2.11. The predicted octanol–water partition coefficient (Wildman–Crippen LogP) is 4.38. The molecule has 0 radical (unpaired) electrons. The average Bonchev–Trinajstić information content (AvgIpc) is 2.67. The second kappa shape index (κ2) is 8.11. The summed E-state index contributed by atoms with van der Waals surface area (Å²) in [7, 11) is 1.46. The Labute approximate surface area is 150 Å². The van der Waals surface area contributed by atoms with Crippen molar-refractivity contribution >= 4 is 5.97 Å². The van der Waals surface area contributed by atoms with E-state index in [1.54, 1.807) is 24.3 Å². The third-order valence-corrected chi connectivity index (χ3v) is 3.55. The largest absolute Gasteiger partial charge is 0.496 e. The van der Waals surface area contributed by atoms with E-state index < -0.39 is 11.8 Å². The first-order valence-corrected chi connectivity index (χ1v) is 7.85. The predicted molar refractivity (Wildman–Crippen MR) is 92.8 cm³/mol. The van der Waals surface area contributed by atoms with Gasteiger partial charge in [-0.15, -0.1) is 0 Å². The van der Waals surface area contributed by atoms with E-state index in [1.165, 1.54) is 31.5 Å². The van der Waals surface area contributed by atoms with Gasteiger partial charge < -0.3 is 14.2 Å². The van der Waals surface area contributed by atoms with Crippen molar-refractivity contribution in [1.82, 2.24) is 4.98 Å². The summed E-state index contributed by atoms with van der Waals surface area (Å²) in [6, 6.07) is 16.2. The number of hydrogen-bond acceptors (Lipinski definition) is 5. The van der Waals surface area contributed by atoms with E-state index in [0.29, 0.717) is 17.1 Å². The molecule has 1 heterocycles. The van der Waals surface area contributed by atoms with Crippen LogP contribution in [0.15, 0.2) is 66.9 Å². The molecule has 0 fully saturated rings. The van der Waals surface area contributed by atoms with Gasteiger partial charge in [-0.05, 0) is 42.5 Å². The molecule has 0 spiro atoms. The molecule has 0 bridgehead atoms. The standard InChI is InChI=1S/C20H16FNO4/c1-24-18-10-9-15(21)12-14(18)13-25-20(23)17-8-5-11-22-19(17)26-16-6-3-2-4-7-16/h2-12H,13H2,1H3. The molecule has 0 aliphatic heterocycles. The number of para-hydroxylation sites is 1. The van der Waals surface area contributed by atoms with Crippen LogP contribution in [0.25, 0.3) is 0 Å². The summed E-state index contributed by atoms with van der Waals surface area (Å²) in [5.74, 6) is 0.0507. The van der Waals surface area contributed by atoms with Crippen molar-refractivity contribution < 1.29 is 23.4 Å². The molecule has 3 rings (SSSR count). The van der Waals surface area contributed by atoms with Crippen LogP contribution in [0.2, 0.25) is 0 Å². The zero-order valence-electron chi connectivity index (χ0n) is 14.0. The van der Waals surface area contributed by atoms with Gasteiger partial charge >= 0.3 is 5.97 Å². The minimum absolute atomic E-state index is 0.134. The van der Waals surface area contributed by atoms with E-state index in [2.05, 4.69) is 4.98 Å². The highest BCUT2D eigenvalue weighted by molar-refractivity contribution is 5.91. The van der Waals surface area contributed by atoms with Gasteiger partial charge in [0.25, 0.3) is 0 Å². The number of hydrogen-bond donors (Lipinski definition) is 0. The summed E-state index contributed by atoms with van der Waals surface area (Å²) < 4.78 is 29.5. The Hall–Kier alpha value is -3.41. The maximum Gasteiger partial charge on any atom is 0.344 e. The molecule has 0 N–H and O–H groups in total. The Morgan fingerprint density at radius 3 is 2.65 bits per heavy atom. The van der Waals surface area contributed by atoms with Crippen molar-refractivity contribution in [2.75, 3.05) is 7.11 Å².